The SMILES string of the molecule is CCOc1cccc2sc(N(Cc3cccnc3)C(=O)c3cccc(S(=O)(=O)C(C)C)c3)nc12. The van der Waals surface area contributed by atoms with Crippen molar-refractivity contribution >= 4 is 42.4 Å². The van der Waals surface area contributed by atoms with Gasteiger partial charge >= 0.3 is 0 Å². The van der Waals surface area contributed by atoms with Gasteiger partial charge in [-0.3, -0.25) is 14.7 Å². The van der Waals surface area contributed by atoms with Crippen molar-refractivity contribution in [2.24, 2.45) is 0 Å². The van der Waals surface area contributed by atoms with Gasteiger partial charge in [-0.15, -0.1) is 0 Å². The quantitative estimate of drug-likeness (QED) is 0.337. The Balaban J connectivity index is 1.79. The van der Waals surface area contributed by atoms with Gasteiger partial charge in [-0.05, 0) is 62.7 Å². The molecule has 34 heavy (non-hydrogen) atoms. The van der Waals surface area contributed by atoms with Crippen LogP contribution < -0.4 is 9.64 Å². The van der Waals surface area contributed by atoms with Crippen molar-refractivity contribution < 1.29 is 17.9 Å². The molecule has 0 aliphatic rings. The van der Waals surface area contributed by atoms with E-state index in [1.807, 2.05) is 31.2 Å². The number of hydrogen-bond acceptors (Lipinski definition) is 7. The Labute approximate surface area is 203 Å². The average molecular weight is 496 g/mol. The van der Waals surface area contributed by atoms with Gasteiger partial charge in [0.1, 0.15) is 11.3 Å². The summed E-state index contributed by atoms with van der Waals surface area (Å²) >= 11 is 1.38. The van der Waals surface area contributed by atoms with Crippen LogP contribution in [0.2, 0.25) is 0 Å². The van der Waals surface area contributed by atoms with Crippen LogP contribution in [0.4, 0.5) is 5.13 Å². The molecule has 0 aliphatic heterocycles. The third-order valence-electron chi connectivity index (χ3n) is 5.24. The normalized spacial score (nSPS) is 11.6. The fourth-order valence-corrected chi connectivity index (χ4v) is 5.52. The van der Waals surface area contributed by atoms with Crippen LogP contribution in [0.3, 0.4) is 0 Å². The number of fused-ring (bicyclic) bond motifs is 1. The van der Waals surface area contributed by atoms with Crippen LogP contribution in [0.1, 0.15) is 36.7 Å². The number of anilines is 1. The second-order valence-electron chi connectivity index (χ2n) is 7.91. The molecule has 176 valence electrons. The number of hydrogen-bond donors (Lipinski definition) is 0. The Kier molecular flexibility index (Phi) is 6.95. The lowest BCUT2D eigenvalue weighted by molar-refractivity contribution is 0.0985. The van der Waals surface area contributed by atoms with Crippen molar-refractivity contribution in [1.29, 1.82) is 0 Å². The molecule has 4 rings (SSSR count). The zero-order chi connectivity index (χ0) is 24.3. The molecule has 0 saturated carbocycles. The number of rotatable bonds is 8. The lowest BCUT2D eigenvalue weighted by atomic mass is 10.2. The van der Waals surface area contributed by atoms with Gasteiger partial charge in [-0.25, -0.2) is 13.4 Å². The number of carbonyl (C=O) groups is 1. The number of para-hydroxylation sites is 1. The van der Waals surface area contributed by atoms with E-state index in [-0.39, 0.29) is 22.9 Å². The summed E-state index contributed by atoms with van der Waals surface area (Å²) in [6.07, 6.45) is 3.36. The molecule has 0 atom stereocenters. The highest BCUT2D eigenvalue weighted by atomic mass is 32.2. The summed E-state index contributed by atoms with van der Waals surface area (Å²) in [7, 11) is -3.52. The molecule has 1 amide bonds. The molecular weight excluding hydrogens is 470 g/mol. The summed E-state index contributed by atoms with van der Waals surface area (Å²) in [4.78, 5) is 24.3. The summed E-state index contributed by atoms with van der Waals surface area (Å²) < 4.78 is 32.0. The van der Waals surface area contributed by atoms with E-state index in [9.17, 15) is 13.2 Å². The van der Waals surface area contributed by atoms with E-state index in [4.69, 9.17) is 9.72 Å². The van der Waals surface area contributed by atoms with E-state index in [0.29, 0.717) is 23.0 Å². The molecule has 0 unspecified atom stereocenters. The summed E-state index contributed by atoms with van der Waals surface area (Å²) in [5.74, 6) is 0.308. The van der Waals surface area contributed by atoms with E-state index < -0.39 is 15.1 Å². The molecule has 0 fully saturated rings. The first-order valence-electron chi connectivity index (χ1n) is 10.9. The highest BCUT2D eigenvalue weighted by Gasteiger charge is 2.25. The molecule has 7 nitrogen and oxygen atoms in total. The average Bonchev–Trinajstić information content (AvgIpc) is 3.28. The summed E-state index contributed by atoms with van der Waals surface area (Å²) in [5.41, 5.74) is 1.78. The summed E-state index contributed by atoms with van der Waals surface area (Å²) in [5, 5.41) is -0.0984. The number of amides is 1. The van der Waals surface area contributed by atoms with Gasteiger partial charge in [0, 0.05) is 18.0 Å². The van der Waals surface area contributed by atoms with Crippen molar-refractivity contribution in [2.75, 3.05) is 11.5 Å². The van der Waals surface area contributed by atoms with Crippen LogP contribution >= 0.6 is 11.3 Å². The van der Waals surface area contributed by atoms with Gasteiger partial charge in [0.05, 0.1) is 28.0 Å². The Morgan fingerprint density at radius 1 is 1.12 bits per heavy atom. The maximum Gasteiger partial charge on any atom is 0.260 e. The maximum absolute atomic E-state index is 13.7. The number of aromatic nitrogens is 2. The zero-order valence-corrected chi connectivity index (χ0v) is 20.8. The molecule has 0 radical (unpaired) electrons. The molecule has 0 bridgehead atoms. The molecule has 2 aromatic heterocycles. The van der Waals surface area contributed by atoms with Gasteiger partial charge in [0.15, 0.2) is 15.0 Å². The van der Waals surface area contributed by atoms with Crippen molar-refractivity contribution in [1.82, 2.24) is 9.97 Å². The van der Waals surface area contributed by atoms with E-state index in [1.165, 1.54) is 23.5 Å². The van der Waals surface area contributed by atoms with E-state index in [1.54, 1.807) is 49.3 Å². The minimum Gasteiger partial charge on any atom is -0.492 e. The zero-order valence-electron chi connectivity index (χ0n) is 19.1. The van der Waals surface area contributed by atoms with Gasteiger partial charge in [0.2, 0.25) is 0 Å². The fraction of sp³-hybridized carbons (Fsp3) is 0.240. The van der Waals surface area contributed by atoms with Crippen molar-refractivity contribution in [3.05, 3.63) is 78.1 Å². The third-order valence-corrected chi connectivity index (χ3v) is 8.44. The van der Waals surface area contributed by atoms with E-state index in [0.717, 1.165) is 10.3 Å². The lowest BCUT2D eigenvalue weighted by Gasteiger charge is -2.20. The number of sulfone groups is 1. The number of benzene rings is 2. The first kappa shape index (κ1) is 23.8. The van der Waals surface area contributed by atoms with Crippen LogP contribution in [-0.4, -0.2) is 36.1 Å². The number of nitrogens with zero attached hydrogens (tertiary/aromatic N) is 3. The molecule has 4 aromatic rings. The molecule has 2 heterocycles. The molecule has 2 aromatic carbocycles. The summed E-state index contributed by atoms with van der Waals surface area (Å²) in [6.45, 7) is 5.88. The number of ether oxygens (including phenoxy) is 1. The van der Waals surface area contributed by atoms with Crippen LogP contribution in [0.5, 0.6) is 5.75 Å². The standard InChI is InChI=1S/C25H25N3O4S2/c1-4-32-21-11-6-12-22-23(21)27-25(33-22)28(16-18-8-7-13-26-15-18)24(29)19-9-5-10-20(14-19)34(30,31)17(2)3/h5-15,17H,4,16H2,1-3H3. The Hall–Kier alpha value is -3.30. The topological polar surface area (TPSA) is 89.5 Å². The first-order chi connectivity index (χ1) is 16.3. The smallest absolute Gasteiger partial charge is 0.260 e. The predicted molar refractivity (Wildman–Crippen MR) is 134 cm³/mol. The van der Waals surface area contributed by atoms with Crippen molar-refractivity contribution in [3.63, 3.8) is 0 Å². The number of thiazole rings is 1. The third kappa shape index (κ3) is 4.80. The molecule has 0 saturated heterocycles. The molecule has 0 aliphatic carbocycles. The van der Waals surface area contributed by atoms with Crippen LogP contribution in [0.15, 0.2) is 71.9 Å². The Morgan fingerprint density at radius 3 is 2.62 bits per heavy atom. The van der Waals surface area contributed by atoms with Crippen LogP contribution in [0.25, 0.3) is 10.2 Å². The van der Waals surface area contributed by atoms with Crippen molar-refractivity contribution in [2.45, 2.75) is 37.5 Å². The monoisotopic (exact) mass is 495 g/mol. The minimum atomic E-state index is -3.52. The van der Waals surface area contributed by atoms with Crippen LogP contribution in [0, 0.1) is 0 Å². The maximum atomic E-state index is 13.7. The number of carbonyl (C=O) groups excluding carboxylic acids is 1. The Bertz CT molecular complexity index is 1420. The molecule has 0 spiro atoms. The highest BCUT2D eigenvalue weighted by Crippen LogP contribution is 2.35. The van der Waals surface area contributed by atoms with Gasteiger partial charge in [-0.2, -0.15) is 0 Å². The largest absolute Gasteiger partial charge is 0.492 e. The predicted octanol–water partition coefficient (Wildman–Crippen LogP) is 5.12. The highest BCUT2D eigenvalue weighted by molar-refractivity contribution is 7.92. The first-order valence-corrected chi connectivity index (χ1v) is 13.2. The Morgan fingerprint density at radius 2 is 1.91 bits per heavy atom. The molecule has 9 heteroatoms. The van der Waals surface area contributed by atoms with Crippen molar-refractivity contribution in [3.8, 4) is 5.75 Å². The van der Waals surface area contributed by atoms with Gasteiger partial charge in [-0.1, -0.05) is 29.5 Å². The van der Waals surface area contributed by atoms with Gasteiger partial charge in [0.25, 0.3) is 5.91 Å². The second kappa shape index (κ2) is 9.90. The molecule has 0 N–H and O–H groups in total. The van der Waals surface area contributed by atoms with Gasteiger partial charge < -0.3 is 4.74 Å². The van der Waals surface area contributed by atoms with Crippen LogP contribution in [-0.2, 0) is 16.4 Å². The fourth-order valence-electron chi connectivity index (χ4n) is 3.43. The van der Waals surface area contributed by atoms with E-state index >= 15 is 0 Å². The minimum absolute atomic E-state index is 0.123. The number of pyridine rings is 1. The second-order valence-corrected chi connectivity index (χ2v) is 11.4. The lowest BCUT2D eigenvalue weighted by Crippen LogP contribution is -2.30. The molecular formula is C25H25N3O4S2. The van der Waals surface area contributed by atoms with E-state index in [2.05, 4.69) is 4.98 Å². The summed E-state index contributed by atoms with van der Waals surface area (Å²) in [6, 6.07) is 15.5.